The molecule has 0 saturated carbocycles. The molecule has 2 N–H and O–H groups in total. The van der Waals surface area contributed by atoms with Gasteiger partial charge in [0.1, 0.15) is 0 Å². The summed E-state index contributed by atoms with van der Waals surface area (Å²) in [5.74, 6) is 0. The van der Waals surface area contributed by atoms with Crippen LogP contribution in [-0.2, 0) is 10.0 Å². The van der Waals surface area contributed by atoms with Gasteiger partial charge in [0.15, 0.2) is 5.16 Å². The van der Waals surface area contributed by atoms with Crippen molar-refractivity contribution in [3.8, 4) is 0 Å². The van der Waals surface area contributed by atoms with Crippen molar-refractivity contribution >= 4 is 27.5 Å². The first-order valence-electron chi connectivity index (χ1n) is 6.10. The van der Waals surface area contributed by atoms with E-state index in [9.17, 15) is 8.42 Å². The molecule has 2 aromatic rings. The maximum atomic E-state index is 12.0. The summed E-state index contributed by atoms with van der Waals surface area (Å²) in [7, 11) is -0.521. The van der Waals surface area contributed by atoms with Gasteiger partial charge in [0.2, 0.25) is 10.0 Å². The number of aromatic nitrogens is 2. The number of nitrogens with two attached hydrogens (primary N) is 1. The van der Waals surface area contributed by atoms with Gasteiger partial charge >= 0.3 is 0 Å². The molecule has 0 aliphatic carbocycles. The van der Waals surface area contributed by atoms with Gasteiger partial charge in [-0.25, -0.2) is 22.7 Å². The Morgan fingerprint density at radius 2 is 1.95 bits per heavy atom. The monoisotopic (exact) mass is 324 g/mol. The van der Waals surface area contributed by atoms with Crippen molar-refractivity contribution in [3.63, 3.8) is 0 Å². The standard InChI is InChI=1S/C13H16N4O2S2/c1-9-6-7-15-13(16-9)20-12-5-4-10(8-11(12)14)21(18,19)17(2)3/h4-8H,14H2,1-3H3. The van der Waals surface area contributed by atoms with Crippen LogP contribution in [0.3, 0.4) is 0 Å². The second kappa shape index (κ2) is 6.00. The SMILES string of the molecule is Cc1ccnc(Sc2ccc(S(=O)(=O)N(C)C)cc2N)n1. The quantitative estimate of drug-likeness (QED) is 0.681. The molecule has 8 heteroatoms. The van der Waals surface area contributed by atoms with Crippen LogP contribution in [0.25, 0.3) is 0 Å². The normalized spacial score (nSPS) is 11.8. The summed E-state index contributed by atoms with van der Waals surface area (Å²) in [6, 6.07) is 6.46. The molecule has 0 saturated heterocycles. The van der Waals surface area contributed by atoms with Crippen LogP contribution in [0.15, 0.2) is 45.4 Å². The van der Waals surface area contributed by atoms with Crippen LogP contribution in [0.1, 0.15) is 5.69 Å². The molecule has 1 heterocycles. The van der Waals surface area contributed by atoms with Gasteiger partial charge in [0.05, 0.1) is 4.90 Å². The predicted molar refractivity (Wildman–Crippen MR) is 82.6 cm³/mol. The highest BCUT2D eigenvalue weighted by molar-refractivity contribution is 7.99. The summed E-state index contributed by atoms with van der Waals surface area (Å²) in [5, 5.41) is 0.574. The van der Waals surface area contributed by atoms with Crippen molar-refractivity contribution in [2.75, 3.05) is 19.8 Å². The largest absolute Gasteiger partial charge is 0.398 e. The predicted octanol–water partition coefficient (Wildman–Crippen LogP) is 1.77. The van der Waals surface area contributed by atoms with Gasteiger partial charge in [-0.2, -0.15) is 0 Å². The molecule has 6 nitrogen and oxygen atoms in total. The summed E-state index contributed by atoms with van der Waals surface area (Å²) >= 11 is 1.30. The van der Waals surface area contributed by atoms with Crippen molar-refractivity contribution in [1.82, 2.24) is 14.3 Å². The zero-order chi connectivity index (χ0) is 15.6. The summed E-state index contributed by atoms with van der Waals surface area (Å²) in [6.45, 7) is 1.88. The van der Waals surface area contributed by atoms with E-state index in [2.05, 4.69) is 9.97 Å². The van der Waals surface area contributed by atoms with Crippen LogP contribution in [-0.4, -0.2) is 36.8 Å². The molecule has 21 heavy (non-hydrogen) atoms. The molecule has 2 rings (SSSR count). The second-order valence-corrected chi connectivity index (χ2v) is 7.73. The van der Waals surface area contributed by atoms with Gasteiger partial charge in [-0.3, -0.25) is 0 Å². The molecule has 0 amide bonds. The number of hydrogen-bond acceptors (Lipinski definition) is 6. The van der Waals surface area contributed by atoms with Gasteiger partial charge in [0.25, 0.3) is 0 Å². The van der Waals surface area contributed by atoms with Crippen molar-refractivity contribution < 1.29 is 8.42 Å². The maximum Gasteiger partial charge on any atom is 0.242 e. The zero-order valence-electron chi connectivity index (χ0n) is 11.9. The molecule has 0 aliphatic heterocycles. The van der Waals surface area contributed by atoms with E-state index in [-0.39, 0.29) is 4.90 Å². The van der Waals surface area contributed by atoms with E-state index in [0.717, 1.165) is 14.9 Å². The van der Waals surface area contributed by atoms with Crippen molar-refractivity contribution in [3.05, 3.63) is 36.2 Å². The lowest BCUT2D eigenvalue weighted by Gasteiger charge is -2.13. The lowest BCUT2D eigenvalue weighted by Crippen LogP contribution is -2.22. The van der Waals surface area contributed by atoms with Gasteiger partial charge in [-0.05, 0) is 43.0 Å². The zero-order valence-corrected chi connectivity index (χ0v) is 13.6. The Kier molecular flexibility index (Phi) is 4.50. The molecule has 0 atom stereocenters. The van der Waals surface area contributed by atoms with Gasteiger partial charge in [-0.1, -0.05) is 0 Å². The van der Waals surface area contributed by atoms with Gasteiger partial charge in [-0.15, -0.1) is 0 Å². The third kappa shape index (κ3) is 3.52. The minimum Gasteiger partial charge on any atom is -0.398 e. The van der Waals surface area contributed by atoms with Crippen LogP contribution in [0.5, 0.6) is 0 Å². The lowest BCUT2D eigenvalue weighted by atomic mass is 10.3. The molecule has 0 aliphatic rings. The molecular weight excluding hydrogens is 308 g/mol. The van der Waals surface area contributed by atoms with E-state index >= 15 is 0 Å². The van der Waals surface area contributed by atoms with E-state index in [1.165, 1.54) is 38.0 Å². The van der Waals surface area contributed by atoms with Crippen molar-refractivity contribution in [2.45, 2.75) is 21.9 Å². The highest BCUT2D eigenvalue weighted by Crippen LogP contribution is 2.31. The summed E-state index contributed by atoms with van der Waals surface area (Å²) in [4.78, 5) is 9.31. The van der Waals surface area contributed by atoms with Gasteiger partial charge < -0.3 is 5.73 Å². The number of nitrogen functional groups attached to an aromatic ring is 1. The molecule has 0 spiro atoms. The Balaban J connectivity index is 2.32. The first-order chi connectivity index (χ1) is 9.80. The van der Waals surface area contributed by atoms with E-state index in [1.807, 2.05) is 6.92 Å². The first-order valence-corrected chi connectivity index (χ1v) is 8.36. The highest BCUT2D eigenvalue weighted by Gasteiger charge is 2.18. The summed E-state index contributed by atoms with van der Waals surface area (Å²) in [5.41, 5.74) is 7.19. The minimum absolute atomic E-state index is 0.166. The summed E-state index contributed by atoms with van der Waals surface area (Å²) < 4.78 is 25.2. The number of aryl methyl sites for hydroxylation is 1. The fourth-order valence-electron chi connectivity index (χ4n) is 1.56. The Morgan fingerprint density at radius 1 is 1.24 bits per heavy atom. The minimum atomic E-state index is -3.48. The fourth-order valence-corrected chi connectivity index (χ4v) is 3.31. The van der Waals surface area contributed by atoms with Crippen LogP contribution >= 0.6 is 11.8 Å². The van der Waals surface area contributed by atoms with Crippen LogP contribution in [0, 0.1) is 6.92 Å². The van der Waals surface area contributed by atoms with Crippen molar-refractivity contribution in [1.29, 1.82) is 0 Å². The second-order valence-electron chi connectivity index (χ2n) is 4.57. The third-order valence-electron chi connectivity index (χ3n) is 2.73. The van der Waals surface area contributed by atoms with E-state index in [4.69, 9.17) is 5.73 Å². The topological polar surface area (TPSA) is 89.2 Å². The Morgan fingerprint density at radius 3 is 2.52 bits per heavy atom. The van der Waals surface area contributed by atoms with Crippen molar-refractivity contribution in [2.24, 2.45) is 0 Å². The van der Waals surface area contributed by atoms with Crippen LogP contribution in [0.2, 0.25) is 0 Å². The molecular formula is C13H16N4O2S2. The maximum absolute atomic E-state index is 12.0. The average Bonchev–Trinajstić information content (AvgIpc) is 2.41. The smallest absolute Gasteiger partial charge is 0.242 e. The van der Waals surface area contributed by atoms with Crippen LogP contribution < -0.4 is 5.73 Å². The number of anilines is 1. The number of benzene rings is 1. The molecule has 0 bridgehead atoms. The molecule has 112 valence electrons. The average molecular weight is 324 g/mol. The number of sulfonamides is 1. The number of hydrogen-bond donors (Lipinski definition) is 1. The molecule has 0 radical (unpaired) electrons. The highest BCUT2D eigenvalue weighted by atomic mass is 32.2. The molecule has 1 aromatic carbocycles. The van der Waals surface area contributed by atoms with E-state index in [0.29, 0.717) is 10.8 Å². The molecule has 0 unspecified atom stereocenters. The van der Waals surface area contributed by atoms with Crippen LogP contribution in [0.4, 0.5) is 5.69 Å². The number of nitrogens with zero attached hydrogens (tertiary/aromatic N) is 3. The Bertz CT molecular complexity index is 761. The Hall–Kier alpha value is -1.64. The fraction of sp³-hybridized carbons (Fsp3) is 0.231. The molecule has 0 fully saturated rings. The van der Waals surface area contributed by atoms with Gasteiger partial charge in [0, 0.05) is 36.6 Å². The first kappa shape index (κ1) is 15.7. The summed E-state index contributed by atoms with van der Waals surface area (Å²) in [6.07, 6.45) is 1.67. The third-order valence-corrected chi connectivity index (χ3v) is 5.52. The lowest BCUT2D eigenvalue weighted by molar-refractivity contribution is 0.520. The Labute approximate surface area is 128 Å². The molecule has 1 aromatic heterocycles. The van der Waals surface area contributed by atoms with E-state index in [1.54, 1.807) is 18.3 Å². The van der Waals surface area contributed by atoms with E-state index < -0.39 is 10.0 Å². The number of rotatable bonds is 4.